The number of rotatable bonds is 4. The number of aromatic hydroxyl groups is 1. The third-order valence-corrected chi connectivity index (χ3v) is 3.98. The molecule has 1 amide bonds. The molecule has 0 radical (unpaired) electrons. The lowest BCUT2D eigenvalue weighted by Gasteiger charge is -2.14. The van der Waals surface area contributed by atoms with Gasteiger partial charge in [0.05, 0.1) is 18.0 Å². The summed E-state index contributed by atoms with van der Waals surface area (Å²) < 4.78 is 6.90. The van der Waals surface area contributed by atoms with E-state index in [4.69, 9.17) is 17.0 Å². The van der Waals surface area contributed by atoms with Crippen LogP contribution < -0.4 is 16.2 Å². The molecule has 0 spiro atoms. The summed E-state index contributed by atoms with van der Waals surface area (Å²) in [6, 6.07) is 9.18. The molecule has 1 aromatic heterocycles. The summed E-state index contributed by atoms with van der Waals surface area (Å²) in [6.45, 7) is 1.35. The number of nitrogens with zero attached hydrogens (tertiary/aromatic N) is 2. The number of benzene rings is 1. The van der Waals surface area contributed by atoms with E-state index < -0.39 is 5.91 Å². The number of carbonyl (C=O) groups is 1. The largest absolute Gasteiger partial charge is 0.504 e. The van der Waals surface area contributed by atoms with Gasteiger partial charge in [-0.25, -0.2) is 4.68 Å². The van der Waals surface area contributed by atoms with Crippen LogP contribution in [0.3, 0.4) is 0 Å². The molecule has 1 aliphatic heterocycles. The van der Waals surface area contributed by atoms with Crippen molar-refractivity contribution in [1.82, 2.24) is 25.9 Å². The van der Waals surface area contributed by atoms with Gasteiger partial charge in [0.1, 0.15) is 0 Å². The highest BCUT2D eigenvalue weighted by Crippen LogP contribution is 2.17. The van der Waals surface area contributed by atoms with Gasteiger partial charge in [-0.2, -0.15) is 5.10 Å². The predicted molar refractivity (Wildman–Crippen MR) is 95.4 cm³/mol. The van der Waals surface area contributed by atoms with Gasteiger partial charge in [0.2, 0.25) is 0 Å². The van der Waals surface area contributed by atoms with Gasteiger partial charge in [-0.3, -0.25) is 15.6 Å². The van der Waals surface area contributed by atoms with Crippen LogP contribution in [0.25, 0.3) is 5.69 Å². The standard InChI is InChI=1S/C16H19N5O3S/c22-13-10-21(11-5-2-1-3-6-11)20-14(13)15(23)18-19-16(25)17-9-12-7-4-8-24-12/h1-3,5-6,10,12,22H,4,7-9H2,(H,18,23)(H2,17,19,25)/t12-/m1/s1. The van der Waals surface area contributed by atoms with E-state index in [0.717, 1.165) is 25.1 Å². The lowest BCUT2D eigenvalue weighted by atomic mass is 10.2. The second kappa shape index (κ2) is 7.95. The summed E-state index contributed by atoms with van der Waals surface area (Å²) >= 11 is 5.09. The molecule has 4 N–H and O–H groups in total. The molecule has 0 saturated carbocycles. The summed E-state index contributed by atoms with van der Waals surface area (Å²) in [5, 5.41) is 17.3. The van der Waals surface area contributed by atoms with Gasteiger partial charge < -0.3 is 15.2 Å². The van der Waals surface area contributed by atoms with Crippen LogP contribution in [-0.2, 0) is 4.74 Å². The summed E-state index contributed by atoms with van der Waals surface area (Å²) in [5.74, 6) is -0.810. The zero-order valence-electron chi connectivity index (χ0n) is 13.4. The van der Waals surface area contributed by atoms with Crippen molar-refractivity contribution < 1.29 is 14.6 Å². The van der Waals surface area contributed by atoms with Crippen LogP contribution in [0.5, 0.6) is 5.75 Å². The Morgan fingerprint density at radius 3 is 2.88 bits per heavy atom. The maximum atomic E-state index is 12.2. The Balaban J connectivity index is 1.52. The second-order valence-electron chi connectivity index (χ2n) is 5.57. The lowest BCUT2D eigenvalue weighted by Crippen LogP contribution is -2.48. The van der Waals surface area contributed by atoms with E-state index in [1.54, 1.807) is 0 Å². The highest BCUT2D eigenvalue weighted by atomic mass is 32.1. The van der Waals surface area contributed by atoms with Crippen LogP contribution in [0, 0.1) is 0 Å². The molecule has 3 rings (SSSR count). The third-order valence-electron chi connectivity index (χ3n) is 3.73. The third kappa shape index (κ3) is 4.46. The van der Waals surface area contributed by atoms with Gasteiger partial charge in [-0.1, -0.05) is 18.2 Å². The number of hydrazine groups is 1. The number of hydrogen-bond donors (Lipinski definition) is 4. The highest BCUT2D eigenvalue weighted by molar-refractivity contribution is 7.80. The number of thiocarbonyl (C=S) groups is 1. The number of aromatic nitrogens is 2. The Bertz CT molecular complexity index is 743. The smallest absolute Gasteiger partial charge is 0.294 e. The molecule has 2 heterocycles. The molecule has 1 saturated heterocycles. The molecular weight excluding hydrogens is 342 g/mol. The molecule has 0 unspecified atom stereocenters. The minimum Gasteiger partial charge on any atom is -0.504 e. The number of nitrogens with one attached hydrogen (secondary N) is 3. The average Bonchev–Trinajstić information content (AvgIpc) is 3.28. The average molecular weight is 361 g/mol. The van der Waals surface area contributed by atoms with Gasteiger partial charge in [-0.15, -0.1) is 0 Å². The van der Waals surface area contributed by atoms with Crippen LogP contribution >= 0.6 is 12.2 Å². The molecule has 9 heteroatoms. The summed E-state index contributed by atoms with van der Waals surface area (Å²) in [6.07, 6.45) is 3.55. The normalized spacial score (nSPS) is 16.4. The van der Waals surface area contributed by atoms with E-state index in [-0.39, 0.29) is 22.7 Å². The van der Waals surface area contributed by atoms with Gasteiger partial charge in [-0.05, 0) is 37.2 Å². The maximum absolute atomic E-state index is 12.2. The van der Waals surface area contributed by atoms with E-state index in [1.165, 1.54) is 10.9 Å². The number of amides is 1. The first-order chi connectivity index (χ1) is 12.1. The van der Waals surface area contributed by atoms with Crippen molar-refractivity contribution >= 4 is 23.2 Å². The van der Waals surface area contributed by atoms with Crippen LogP contribution in [0.4, 0.5) is 0 Å². The minimum atomic E-state index is -0.589. The summed E-state index contributed by atoms with van der Waals surface area (Å²) in [4.78, 5) is 12.2. The lowest BCUT2D eigenvalue weighted by molar-refractivity contribution is 0.0935. The number of carbonyl (C=O) groups excluding carboxylic acids is 1. The van der Waals surface area contributed by atoms with E-state index in [1.807, 2.05) is 30.3 Å². The Labute approximate surface area is 150 Å². The summed E-state index contributed by atoms with van der Waals surface area (Å²) in [7, 11) is 0. The van der Waals surface area contributed by atoms with Crippen LogP contribution in [0.1, 0.15) is 23.3 Å². The maximum Gasteiger partial charge on any atom is 0.294 e. The first-order valence-corrected chi connectivity index (χ1v) is 8.34. The molecule has 1 aromatic carbocycles. The monoisotopic (exact) mass is 361 g/mol. The van der Waals surface area contributed by atoms with Gasteiger partial charge in [0.15, 0.2) is 16.6 Å². The molecule has 1 atom stereocenters. The van der Waals surface area contributed by atoms with Crippen LogP contribution in [-0.4, -0.2) is 45.2 Å². The SMILES string of the molecule is O=C(NNC(=S)NC[C@H]1CCCO1)c1nn(-c2ccccc2)cc1O. The van der Waals surface area contributed by atoms with Crippen molar-refractivity contribution in [2.45, 2.75) is 18.9 Å². The molecular formula is C16H19N5O3S. The molecule has 1 aliphatic rings. The Morgan fingerprint density at radius 2 is 2.16 bits per heavy atom. The van der Waals surface area contributed by atoms with Crippen molar-refractivity contribution in [2.24, 2.45) is 0 Å². The second-order valence-corrected chi connectivity index (χ2v) is 5.98. The van der Waals surface area contributed by atoms with Crippen molar-refractivity contribution in [3.63, 3.8) is 0 Å². The first-order valence-electron chi connectivity index (χ1n) is 7.93. The highest BCUT2D eigenvalue weighted by Gasteiger charge is 2.18. The minimum absolute atomic E-state index is 0.0988. The van der Waals surface area contributed by atoms with Crippen LogP contribution in [0.2, 0.25) is 0 Å². The number of hydrogen-bond acceptors (Lipinski definition) is 5. The molecule has 0 aliphatic carbocycles. The number of ether oxygens (including phenoxy) is 1. The Kier molecular flexibility index (Phi) is 5.46. The van der Waals surface area contributed by atoms with Gasteiger partial charge >= 0.3 is 0 Å². The van der Waals surface area contributed by atoms with E-state index in [2.05, 4.69) is 21.3 Å². The topological polar surface area (TPSA) is 100 Å². The predicted octanol–water partition coefficient (Wildman–Crippen LogP) is 0.866. The zero-order valence-corrected chi connectivity index (χ0v) is 14.3. The Morgan fingerprint density at radius 1 is 1.36 bits per heavy atom. The first kappa shape index (κ1) is 17.2. The van der Waals surface area contributed by atoms with Gasteiger partial charge in [0, 0.05) is 13.2 Å². The van der Waals surface area contributed by atoms with Gasteiger partial charge in [0.25, 0.3) is 5.91 Å². The van der Waals surface area contributed by atoms with E-state index in [9.17, 15) is 9.90 Å². The van der Waals surface area contributed by atoms with Crippen molar-refractivity contribution in [3.8, 4) is 11.4 Å². The molecule has 2 aromatic rings. The fraction of sp³-hybridized carbons (Fsp3) is 0.312. The van der Waals surface area contributed by atoms with Crippen molar-refractivity contribution in [1.29, 1.82) is 0 Å². The molecule has 132 valence electrons. The van der Waals surface area contributed by atoms with Crippen molar-refractivity contribution in [2.75, 3.05) is 13.2 Å². The number of para-hydroxylation sites is 1. The zero-order chi connectivity index (χ0) is 17.6. The quantitative estimate of drug-likeness (QED) is 0.473. The summed E-state index contributed by atoms with van der Waals surface area (Å²) in [5.41, 5.74) is 5.63. The fourth-order valence-electron chi connectivity index (χ4n) is 2.47. The fourth-order valence-corrected chi connectivity index (χ4v) is 2.60. The van der Waals surface area contributed by atoms with E-state index in [0.29, 0.717) is 6.54 Å². The van der Waals surface area contributed by atoms with E-state index >= 15 is 0 Å². The van der Waals surface area contributed by atoms with Crippen molar-refractivity contribution in [3.05, 3.63) is 42.2 Å². The Hall–Kier alpha value is -2.65. The molecule has 1 fully saturated rings. The molecule has 25 heavy (non-hydrogen) atoms. The molecule has 0 bridgehead atoms. The van der Waals surface area contributed by atoms with Crippen LogP contribution in [0.15, 0.2) is 36.5 Å². The molecule has 8 nitrogen and oxygen atoms in total.